The van der Waals surface area contributed by atoms with Crippen molar-refractivity contribution in [1.82, 2.24) is 14.9 Å². The van der Waals surface area contributed by atoms with E-state index in [1.54, 1.807) is 0 Å². The van der Waals surface area contributed by atoms with Crippen molar-refractivity contribution >= 4 is 23.3 Å². The molecule has 3 aromatic rings. The quantitative estimate of drug-likeness (QED) is 0.681. The number of ether oxygens (including phenoxy) is 1. The molecule has 0 bridgehead atoms. The van der Waals surface area contributed by atoms with Crippen molar-refractivity contribution in [2.24, 2.45) is 0 Å². The molecule has 0 amide bonds. The monoisotopic (exact) mass is 313 g/mol. The number of nitrogens with zero attached hydrogens (tertiary/aromatic N) is 1. The molecule has 3 rings (SSSR count). The van der Waals surface area contributed by atoms with E-state index in [1.807, 2.05) is 24.3 Å². The first-order valence-electron chi connectivity index (χ1n) is 7.28. The highest BCUT2D eigenvalue weighted by Crippen LogP contribution is 2.22. The Kier molecular flexibility index (Phi) is 4.56. The lowest BCUT2D eigenvalue weighted by molar-refractivity contribution is 0.234. The van der Waals surface area contributed by atoms with Crippen molar-refractivity contribution in [2.45, 2.75) is 6.54 Å². The molecule has 1 heterocycles. The van der Waals surface area contributed by atoms with Crippen LogP contribution in [-0.2, 0) is 6.54 Å². The van der Waals surface area contributed by atoms with Crippen molar-refractivity contribution in [1.29, 1.82) is 0 Å². The minimum Gasteiger partial charge on any atom is -0.490 e. The van der Waals surface area contributed by atoms with Gasteiger partial charge in [-0.3, -0.25) is 4.90 Å². The number of para-hydroxylation sites is 1. The zero-order chi connectivity index (χ0) is 15.4. The molecule has 5 heteroatoms. The van der Waals surface area contributed by atoms with Gasteiger partial charge in [-0.15, -0.1) is 0 Å². The van der Waals surface area contributed by atoms with Crippen LogP contribution in [-0.4, -0.2) is 35.1 Å². The largest absolute Gasteiger partial charge is 0.490 e. The van der Waals surface area contributed by atoms with Crippen molar-refractivity contribution in [3.63, 3.8) is 0 Å². The Balaban J connectivity index is 1.57. The third-order valence-corrected chi connectivity index (χ3v) is 3.74. The second-order valence-electron chi connectivity index (χ2n) is 5.33. The van der Waals surface area contributed by atoms with Gasteiger partial charge in [0.25, 0.3) is 0 Å². The number of aromatic nitrogens is 2. The summed E-state index contributed by atoms with van der Waals surface area (Å²) in [6.07, 6.45) is 0. The molecule has 22 heavy (non-hydrogen) atoms. The number of aromatic amines is 2. The molecule has 0 radical (unpaired) electrons. The van der Waals surface area contributed by atoms with E-state index < -0.39 is 0 Å². The number of hydrogen-bond acceptors (Lipinski definition) is 3. The van der Waals surface area contributed by atoms with Gasteiger partial charge in [0.1, 0.15) is 17.9 Å². The number of likely N-dealkylation sites (N-methyl/N-ethyl adjacent to an activating group) is 1. The summed E-state index contributed by atoms with van der Waals surface area (Å²) in [5.74, 6) is 0.831. The second-order valence-corrected chi connectivity index (χ2v) is 5.74. The van der Waals surface area contributed by atoms with Crippen LogP contribution in [0.15, 0.2) is 48.5 Å². The fraction of sp³-hybridized carbons (Fsp3) is 0.235. The van der Waals surface area contributed by atoms with Gasteiger partial charge in [0.15, 0.2) is 4.77 Å². The van der Waals surface area contributed by atoms with Gasteiger partial charge >= 0.3 is 0 Å². The number of hydrogen-bond donors (Lipinski definition) is 2. The summed E-state index contributed by atoms with van der Waals surface area (Å²) in [7, 11) is 2.10. The number of nitrogens with one attached hydrogen (secondary N) is 2. The van der Waals surface area contributed by atoms with Gasteiger partial charge in [-0.2, -0.15) is 0 Å². The van der Waals surface area contributed by atoms with E-state index in [2.05, 4.69) is 46.2 Å². The van der Waals surface area contributed by atoms with Gasteiger partial charge in [-0.05, 0) is 37.0 Å². The Labute approximate surface area is 134 Å². The molecule has 0 spiro atoms. The second kappa shape index (κ2) is 6.77. The molecule has 0 aliphatic carbocycles. The number of fused-ring (bicyclic) bond motifs is 1. The zero-order valence-corrected chi connectivity index (χ0v) is 13.3. The van der Waals surface area contributed by atoms with E-state index in [0.717, 1.165) is 29.9 Å². The molecule has 2 aromatic carbocycles. The van der Waals surface area contributed by atoms with Crippen LogP contribution in [0.5, 0.6) is 5.75 Å². The highest BCUT2D eigenvalue weighted by Gasteiger charge is 2.05. The van der Waals surface area contributed by atoms with Gasteiger partial charge in [-0.25, -0.2) is 0 Å². The fourth-order valence-electron chi connectivity index (χ4n) is 2.44. The zero-order valence-electron chi connectivity index (χ0n) is 12.5. The lowest BCUT2D eigenvalue weighted by Crippen LogP contribution is -2.23. The Morgan fingerprint density at radius 2 is 1.86 bits per heavy atom. The fourth-order valence-corrected chi connectivity index (χ4v) is 2.65. The molecule has 2 N–H and O–H groups in total. The molecule has 0 saturated heterocycles. The Bertz CT molecular complexity index is 794. The third kappa shape index (κ3) is 3.55. The normalized spacial score (nSPS) is 11.2. The van der Waals surface area contributed by atoms with Gasteiger partial charge in [0.2, 0.25) is 0 Å². The van der Waals surface area contributed by atoms with E-state index in [-0.39, 0.29) is 0 Å². The first kappa shape index (κ1) is 14.8. The number of rotatable bonds is 6. The van der Waals surface area contributed by atoms with Gasteiger partial charge < -0.3 is 14.7 Å². The maximum absolute atomic E-state index is 5.90. The standard InChI is InChI=1S/C17H19N3OS/c1-20(12-13-6-3-2-4-7-13)10-11-21-15-9-5-8-14-16(15)19-17(22)18-14/h2-9H,10-12H2,1H3,(H2,18,19,22). The van der Waals surface area contributed by atoms with Crippen LogP contribution in [0.25, 0.3) is 11.0 Å². The summed E-state index contributed by atoms with van der Waals surface area (Å²) < 4.78 is 6.52. The highest BCUT2D eigenvalue weighted by molar-refractivity contribution is 7.71. The minimum absolute atomic E-state index is 0.618. The first-order valence-corrected chi connectivity index (χ1v) is 7.69. The number of benzene rings is 2. The van der Waals surface area contributed by atoms with Crippen LogP contribution < -0.4 is 4.74 Å². The van der Waals surface area contributed by atoms with Crippen LogP contribution in [0.3, 0.4) is 0 Å². The topological polar surface area (TPSA) is 44.0 Å². The predicted octanol–water partition coefficient (Wildman–Crippen LogP) is 3.74. The van der Waals surface area contributed by atoms with Gasteiger partial charge in [-0.1, -0.05) is 36.4 Å². The average Bonchev–Trinajstić information content (AvgIpc) is 2.89. The Morgan fingerprint density at radius 1 is 1.05 bits per heavy atom. The molecule has 0 fully saturated rings. The number of imidazole rings is 1. The van der Waals surface area contributed by atoms with Crippen molar-refractivity contribution in [3.05, 3.63) is 58.9 Å². The molecule has 0 atom stereocenters. The van der Waals surface area contributed by atoms with Crippen LogP contribution >= 0.6 is 12.2 Å². The summed E-state index contributed by atoms with van der Waals surface area (Å²) in [5.41, 5.74) is 3.21. The number of H-pyrrole nitrogens is 2. The van der Waals surface area contributed by atoms with E-state index in [0.29, 0.717) is 11.4 Å². The maximum atomic E-state index is 5.90. The van der Waals surface area contributed by atoms with Crippen molar-refractivity contribution in [2.75, 3.05) is 20.2 Å². The predicted molar refractivity (Wildman–Crippen MR) is 91.8 cm³/mol. The molecule has 0 unspecified atom stereocenters. The summed E-state index contributed by atoms with van der Waals surface area (Å²) >= 11 is 5.12. The summed E-state index contributed by atoms with van der Waals surface area (Å²) in [6, 6.07) is 16.3. The van der Waals surface area contributed by atoms with Crippen LogP contribution in [0.2, 0.25) is 0 Å². The molecule has 0 aliphatic heterocycles. The SMILES string of the molecule is CN(CCOc1cccc2[nH]c(=S)[nH]c12)Cc1ccccc1. The summed E-state index contributed by atoms with van der Waals surface area (Å²) in [5, 5.41) is 0. The van der Waals surface area contributed by atoms with Crippen molar-refractivity contribution in [3.8, 4) is 5.75 Å². The van der Waals surface area contributed by atoms with E-state index in [9.17, 15) is 0 Å². The maximum Gasteiger partial charge on any atom is 0.175 e. The van der Waals surface area contributed by atoms with E-state index in [1.165, 1.54) is 5.56 Å². The lowest BCUT2D eigenvalue weighted by Gasteiger charge is -2.17. The third-order valence-electron chi connectivity index (χ3n) is 3.54. The highest BCUT2D eigenvalue weighted by atomic mass is 32.1. The Hall–Kier alpha value is -2.11. The van der Waals surface area contributed by atoms with Gasteiger partial charge in [0.05, 0.1) is 5.52 Å². The summed E-state index contributed by atoms with van der Waals surface area (Å²) in [6.45, 7) is 2.41. The van der Waals surface area contributed by atoms with Crippen LogP contribution in [0, 0.1) is 4.77 Å². The molecule has 0 aliphatic rings. The van der Waals surface area contributed by atoms with E-state index in [4.69, 9.17) is 17.0 Å². The van der Waals surface area contributed by atoms with E-state index >= 15 is 0 Å². The molecular weight excluding hydrogens is 294 g/mol. The van der Waals surface area contributed by atoms with Crippen molar-refractivity contribution < 1.29 is 4.74 Å². The average molecular weight is 313 g/mol. The van der Waals surface area contributed by atoms with Crippen LogP contribution in [0.1, 0.15) is 5.56 Å². The Morgan fingerprint density at radius 3 is 2.68 bits per heavy atom. The smallest absolute Gasteiger partial charge is 0.175 e. The van der Waals surface area contributed by atoms with Crippen LogP contribution in [0.4, 0.5) is 0 Å². The minimum atomic E-state index is 0.618. The summed E-state index contributed by atoms with van der Waals surface area (Å²) in [4.78, 5) is 8.47. The molecule has 1 aromatic heterocycles. The molecule has 0 saturated carbocycles. The molecule has 114 valence electrons. The lowest BCUT2D eigenvalue weighted by atomic mass is 10.2. The van der Waals surface area contributed by atoms with Gasteiger partial charge in [0, 0.05) is 13.1 Å². The molecule has 4 nitrogen and oxygen atoms in total. The first-order chi connectivity index (χ1) is 10.7. The molecular formula is C17H19N3OS.